The molecule has 180 valence electrons. The first kappa shape index (κ1) is 22.9. The van der Waals surface area contributed by atoms with E-state index in [1.165, 1.54) is 35.0 Å². The van der Waals surface area contributed by atoms with Gasteiger partial charge < -0.3 is 20.3 Å². The Bertz CT molecular complexity index is 1420. The van der Waals surface area contributed by atoms with Crippen LogP contribution in [0, 0.1) is 5.82 Å². The molecule has 1 aliphatic heterocycles. The lowest BCUT2D eigenvalue weighted by molar-refractivity contribution is -0.137. The Morgan fingerprint density at radius 1 is 1.11 bits per heavy atom. The second kappa shape index (κ2) is 8.38. The van der Waals surface area contributed by atoms with Gasteiger partial charge in [-0.2, -0.15) is 13.2 Å². The molecular weight excluding hydrogens is 464 g/mol. The third-order valence-corrected chi connectivity index (χ3v) is 6.08. The Balaban J connectivity index is 1.70. The number of rotatable bonds is 5. The molecule has 0 radical (unpaired) electrons. The van der Waals surface area contributed by atoms with Crippen molar-refractivity contribution >= 4 is 22.6 Å². The van der Waals surface area contributed by atoms with Gasteiger partial charge in [0.15, 0.2) is 0 Å². The number of fused-ring (bicyclic) bond motifs is 1. The smallest absolute Gasteiger partial charge is 0.389 e. The zero-order valence-electron chi connectivity index (χ0n) is 18.3. The molecule has 4 aromatic rings. The summed E-state index contributed by atoms with van der Waals surface area (Å²) in [5.74, 6) is -0.717. The van der Waals surface area contributed by atoms with E-state index in [9.17, 15) is 27.5 Å². The van der Waals surface area contributed by atoms with Crippen LogP contribution in [0.3, 0.4) is 0 Å². The van der Waals surface area contributed by atoms with Crippen LogP contribution in [-0.2, 0) is 12.7 Å². The van der Waals surface area contributed by atoms with Gasteiger partial charge in [0.25, 0.3) is 5.91 Å². The molecule has 1 saturated heterocycles. The average Bonchev–Trinajstić information content (AvgIpc) is 3.10. The number of primary amides is 1. The van der Waals surface area contributed by atoms with Crippen LogP contribution in [0.25, 0.3) is 22.0 Å². The predicted molar refractivity (Wildman–Crippen MR) is 122 cm³/mol. The van der Waals surface area contributed by atoms with Gasteiger partial charge in [0.05, 0.1) is 17.2 Å². The molecule has 10 heteroatoms. The molecule has 0 spiro atoms. The monoisotopic (exact) mass is 484 g/mol. The number of anilines is 1. The molecular formula is C25H20F4N4O2. The third kappa shape index (κ3) is 4.21. The predicted octanol–water partition coefficient (Wildman–Crippen LogP) is 4.19. The van der Waals surface area contributed by atoms with E-state index in [2.05, 4.69) is 4.98 Å². The normalized spacial score (nSPS) is 14.4. The number of hydrogen-bond donors (Lipinski definition) is 2. The molecule has 6 nitrogen and oxygen atoms in total. The number of aliphatic hydroxyl groups excluding tert-OH is 1. The SMILES string of the molecule is NC(=O)c1c(-c2ccc(N3CC(O)C3)nc2)c2ccc(C(F)(F)F)cc2n1Cc1cccc(F)c1. The third-order valence-electron chi connectivity index (χ3n) is 6.08. The Morgan fingerprint density at radius 3 is 2.49 bits per heavy atom. The maximum Gasteiger partial charge on any atom is 0.416 e. The van der Waals surface area contributed by atoms with E-state index >= 15 is 0 Å². The molecule has 1 fully saturated rings. The highest BCUT2D eigenvalue weighted by Gasteiger charge is 2.32. The van der Waals surface area contributed by atoms with Gasteiger partial charge >= 0.3 is 6.18 Å². The number of benzene rings is 2. The van der Waals surface area contributed by atoms with Crippen molar-refractivity contribution < 1.29 is 27.5 Å². The molecule has 0 saturated carbocycles. The minimum Gasteiger partial charge on any atom is -0.389 e. The summed E-state index contributed by atoms with van der Waals surface area (Å²) in [7, 11) is 0. The van der Waals surface area contributed by atoms with Gasteiger partial charge in [-0.3, -0.25) is 4.79 Å². The van der Waals surface area contributed by atoms with Crippen LogP contribution in [0.15, 0.2) is 60.8 Å². The molecule has 0 unspecified atom stereocenters. The number of alkyl halides is 3. The first-order valence-electron chi connectivity index (χ1n) is 10.8. The number of nitrogens with zero attached hydrogens (tertiary/aromatic N) is 3. The van der Waals surface area contributed by atoms with Gasteiger partial charge in [-0.15, -0.1) is 0 Å². The van der Waals surface area contributed by atoms with Crippen LogP contribution in [0.5, 0.6) is 0 Å². The zero-order valence-corrected chi connectivity index (χ0v) is 18.3. The van der Waals surface area contributed by atoms with Gasteiger partial charge in [-0.1, -0.05) is 18.2 Å². The number of aliphatic hydroxyl groups is 1. The molecule has 2 aromatic carbocycles. The molecule has 35 heavy (non-hydrogen) atoms. The number of aromatic nitrogens is 2. The first-order valence-corrected chi connectivity index (χ1v) is 10.8. The van der Waals surface area contributed by atoms with Gasteiger partial charge in [0.1, 0.15) is 17.3 Å². The number of halogens is 4. The first-order chi connectivity index (χ1) is 16.6. The topological polar surface area (TPSA) is 84.4 Å². The maximum absolute atomic E-state index is 13.8. The molecule has 5 rings (SSSR count). The Morgan fingerprint density at radius 2 is 1.89 bits per heavy atom. The number of hydrogen-bond acceptors (Lipinski definition) is 4. The van der Waals surface area contributed by atoms with E-state index in [1.54, 1.807) is 18.2 Å². The van der Waals surface area contributed by atoms with Crippen molar-refractivity contribution in [1.82, 2.24) is 9.55 Å². The van der Waals surface area contributed by atoms with Crippen LogP contribution < -0.4 is 10.6 Å². The van der Waals surface area contributed by atoms with Crippen LogP contribution in [0.1, 0.15) is 21.6 Å². The summed E-state index contributed by atoms with van der Waals surface area (Å²) < 4.78 is 55.8. The fourth-order valence-electron chi connectivity index (χ4n) is 4.42. The van der Waals surface area contributed by atoms with Crippen molar-refractivity contribution in [3.8, 4) is 11.1 Å². The van der Waals surface area contributed by atoms with Crippen LogP contribution in [0.2, 0.25) is 0 Å². The number of amides is 1. The molecule has 1 amide bonds. The van der Waals surface area contributed by atoms with Crippen molar-refractivity contribution in [2.75, 3.05) is 18.0 Å². The zero-order chi connectivity index (χ0) is 24.9. The number of β-amino-alcohol motifs (C(OH)–C–C–N with tert-alkyl or cyclic N) is 1. The van der Waals surface area contributed by atoms with E-state index in [0.29, 0.717) is 41.0 Å². The highest BCUT2D eigenvalue weighted by atomic mass is 19.4. The van der Waals surface area contributed by atoms with E-state index in [0.717, 1.165) is 12.1 Å². The average molecular weight is 484 g/mol. The van der Waals surface area contributed by atoms with Gasteiger partial charge in [-0.05, 0) is 42.0 Å². The van der Waals surface area contributed by atoms with Gasteiger partial charge in [-0.25, -0.2) is 9.37 Å². The molecule has 0 atom stereocenters. The summed E-state index contributed by atoms with van der Waals surface area (Å²) in [4.78, 5) is 18.9. The lowest BCUT2D eigenvalue weighted by Gasteiger charge is -2.36. The number of pyridine rings is 1. The summed E-state index contributed by atoms with van der Waals surface area (Å²) >= 11 is 0. The summed E-state index contributed by atoms with van der Waals surface area (Å²) in [6.45, 7) is 0.836. The lowest BCUT2D eigenvalue weighted by Crippen LogP contribution is -2.51. The lowest BCUT2D eigenvalue weighted by atomic mass is 10.0. The molecule has 3 N–H and O–H groups in total. The van der Waals surface area contributed by atoms with E-state index in [4.69, 9.17) is 5.73 Å². The van der Waals surface area contributed by atoms with Crippen LogP contribution >= 0.6 is 0 Å². The highest BCUT2D eigenvalue weighted by Crippen LogP contribution is 2.39. The summed E-state index contributed by atoms with van der Waals surface area (Å²) in [6.07, 6.45) is -3.49. The summed E-state index contributed by atoms with van der Waals surface area (Å²) in [5.41, 5.74) is 6.29. The minimum absolute atomic E-state index is 0.00231. The molecule has 1 aliphatic rings. The second-order valence-corrected chi connectivity index (χ2v) is 8.50. The molecule has 0 aliphatic carbocycles. The van der Waals surface area contributed by atoms with Crippen molar-refractivity contribution in [2.45, 2.75) is 18.8 Å². The quantitative estimate of drug-likeness (QED) is 0.416. The number of nitrogens with two attached hydrogens (primary N) is 1. The summed E-state index contributed by atoms with van der Waals surface area (Å²) in [5, 5.41) is 9.91. The van der Waals surface area contributed by atoms with E-state index < -0.39 is 29.6 Å². The highest BCUT2D eigenvalue weighted by molar-refractivity contribution is 6.10. The summed E-state index contributed by atoms with van der Waals surface area (Å²) in [6, 6.07) is 12.3. The van der Waals surface area contributed by atoms with Crippen LogP contribution in [0.4, 0.5) is 23.4 Å². The minimum atomic E-state index is -4.60. The van der Waals surface area contributed by atoms with Crippen molar-refractivity contribution in [1.29, 1.82) is 0 Å². The molecule has 3 heterocycles. The second-order valence-electron chi connectivity index (χ2n) is 8.50. The Kier molecular flexibility index (Phi) is 5.47. The van der Waals surface area contributed by atoms with Crippen molar-refractivity contribution in [3.63, 3.8) is 0 Å². The Hall–Kier alpha value is -3.92. The molecule has 2 aromatic heterocycles. The fourth-order valence-corrected chi connectivity index (χ4v) is 4.42. The van der Waals surface area contributed by atoms with Crippen molar-refractivity contribution in [2.24, 2.45) is 5.73 Å². The van der Waals surface area contributed by atoms with Gasteiger partial charge in [0, 0.05) is 42.3 Å². The number of carbonyl (C=O) groups excluding carboxylic acids is 1. The largest absolute Gasteiger partial charge is 0.416 e. The molecule has 0 bridgehead atoms. The fraction of sp³-hybridized carbons (Fsp3) is 0.200. The van der Waals surface area contributed by atoms with Crippen LogP contribution in [-0.4, -0.2) is 39.8 Å². The standard InChI is InChI=1S/C25H20F4N4O2/c26-17-3-1-2-14(8-17)11-33-20-9-16(25(27,28)29)5-6-19(20)22(23(33)24(30)35)15-4-7-21(31-10-15)32-12-18(34)13-32/h1-10,18,34H,11-13H2,(H2,30,35). The maximum atomic E-state index is 13.8. The van der Waals surface area contributed by atoms with Gasteiger partial charge in [0.2, 0.25) is 0 Å². The van der Waals surface area contributed by atoms with Crippen molar-refractivity contribution in [3.05, 3.63) is 83.4 Å². The van der Waals surface area contributed by atoms with E-state index in [-0.39, 0.29) is 17.8 Å². The number of carbonyl (C=O) groups is 1. The van der Waals surface area contributed by atoms with E-state index in [1.807, 2.05) is 4.90 Å². The Labute approximate surface area is 197 Å².